The third-order valence-corrected chi connectivity index (χ3v) is 4.95. The molecular weight excluding hydrogens is 500 g/mol. The van der Waals surface area contributed by atoms with Gasteiger partial charge in [-0.1, -0.05) is 19.3 Å². The number of rotatable bonds is 11. The highest BCUT2D eigenvalue weighted by molar-refractivity contribution is 14.0. The highest BCUT2D eigenvalue weighted by Gasteiger charge is 2.25. The molecule has 2 heterocycles. The van der Waals surface area contributed by atoms with Crippen molar-refractivity contribution < 1.29 is 13.9 Å². The van der Waals surface area contributed by atoms with Gasteiger partial charge in [0.1, 0.15) is 0 Å². The van der Waals surface area contributed by atoms with Crippen molar-refractivity contribution in [1.82, 2.24) is 15.6 Å². The predicted octanol–water partition coefficient (Wildman–Crippen LogP) is 3.49. The molecule has 0 spiro atoms. The summed E-state index contributed by atoms with van der Waals surface area (Å²) in [6.45, 7) is 4.61. The summed E-state index contributed by atoms with van der Waals surface area (Å²) >= 11 is 0. The average molecular weight is 535 g/mol. The molecule has 7 nitrogen and oxygen atoms in total. The minimum Gasteiger partial charge on any atom is -0.466 e. The Bertz CT molecular complexity index is 662. The number of halogens is 2. The maximum atomic E-state index is 13.9. The first-order chi connectivity index (χ1) is 14.1. The molecule has 1 aliphatic rings. The fourth-order valence-corrected chi connectivity index (χ4v) is 3.43. The van der Waals surface area contributed by atoms with Crippen molar-refractivity contribution in [2.45, 2.75) is 57.9 Å². The molecule has 0 aromatic carbocycles. The van der Waals surface area contributed by atoms with E-state index in [1.54, 1.807) is 19.3 Å². The van der Waals surface area contributed by atoms with E-state index >= 15 is 0 Å². The topological polar surface area (TPSA) is 78.8 Å². The molecule has 0 bridgehead atoms. The van der Waals surface area contributed by atoms with Crippen molar-refractivity contribution in [1.29, 1.82) is 0 Å². The smallest absolute Gasteiger partial charge is 0.305 e. The van der Waals surface area contributed by atoms with Crippen molar-refractivity contribution in [3.63, 3.8) is 0 Å². The third-order valence-electron chi connectivity index (χ3n) is 4.95. The summed E-state index contributed by atoms with van der Waals surface area (Å²) in [5, 5.41) is 6.76. The molecule has 0 saturated carbocycles. The zero-order chi connectivity index (χ0) is 20.9. The number of hydrogen-bond donors (Lipinski definition) is 2. The summed E-state index contributed by atoms with van der Waals surface area (Å²) in [7, 11) is 1.76. The van der Waals surface area contributed by atoms with E-state index in [1.165, 1.54) is 6.07 Å². The second kappa shape index (κ2) is 15.2. The Hall–Kier alpha value is -1.65. The zero-order valence-corrected chi connectivity index (χ0v) is 20.4. The van der Waals surface area contributed by atoms with Crippen molar-refractivity contribution >= 4 is 41.7 Å². The summed E-state index contributed by atoms with van der Waals surface area (Å²) in [6.07, 6.45) is 8.27. The highest BCUT2D eigenvalue weighted by atomic mass is 127. The van der Waals surface area contributed by atoms with Gasteiger partial charge >= 0.3 is 5.97 Å². The number of unbranched alkanes of at least 4 members (excludes halogenated alkanes) is 4. The Balaban J connectivity index is 0.00000450. The Kier molecular flexibility index (Phi) is 13.4. The second-order valence-corrected chi connectivity index (χ2v) is 7.21. The van der Waals surface area contributed by atoms with E-state index in [2.05, 4.69) is 20.6 Å². The van der Waals surface area contributed by atoms with Crippen LogP contribution in [0.1, 0.15) is 51.9 Å². The maximum absolute atomic E-state index is 13.9. The Morgan fingerprint density at radius 2 is 2.10 bits per heavy atom. The molecule has 0 amide bonds. The van der Waals surface area contributed by atoms with Gasteiger partial charge in [0.2, 0.25) is 0 Å². The number of carbonyl (C=O) groups is 1. The summed E-state index contributed by atoms with van der Waals surface area (Å²) in [5.41, 5.74) is 0. The summed E-state index contributed by atoms with van der Waals surface area (Å²) < 4.78 is 18.8. The van der Waals surface area contributed by atoms with Gasteiger partial charge in [-0.25, -0.2) is 9.37 Å². The van der Waals surface area contributed by atoms with Gasteiger partial charge in [-0.3, -0.25) is 9.79 Å². The number of pyridine rings is 1. The number of guanidine groups is 1. The molecule has 0 aliphatic carbocycles. The van der Waals surface area contributed by atoms with Crippen molar-refractivity contribution in [3.05, 3.63) is 24.1 Å². The molecule has 9 heteroatoms. The first-order valence-electron chi connectivity index (χ1n) is 10.6. The number of aromatic nitrogens is 1. The minimum absolute atomic E-state index is 0. The van der Waals surface area contributed by atoms with Crippen LogP contribution < -0.4 is 15.5 Å². The molecule has 1 aromatic rings. The minimum atomic E-state index is -0.280. The summed E-state index contributed by atoms with van der Waals surface area (Å²) in [5.74, 6) is 0.821. The van der Waals surface area contributed by atoms with Crippen molar-refractivity contribution in [2.75, 3.05) is 38.2 Å². The van der Waals surface area contributed by atoms with Crippen LogP contribution in [0.25, 0.3) is 0 Å². The maximum Gasteiger partial charge on any atom is 0.305 e. The number of nitrogens with zero attached hydrogens (tertiary/aromatic N) is 3. The molecule has 30 heavy (non-hydrogen) atoms. The lowest BCUT2D eigenvalue weighted by molar-refractivity contribution is -0.143. The number of ether oxygens (including phenoxy) is 1. The summed E-state index contributed by atoms with van der Waals surface area (Å²) in [4.78, 5) is 21.7. The molecule has 1 unspecified atom stereocenters. The SMILES string of the molecule is CCOC(=O)CCCCCCCNC(=NC)NC1CCN(c2ncccc2F)C1.I. The van der Waals surface area contributed by atoms with E-state index in [1.807, 2.05) is 11.8 Å². The standard InChI is InChI=1S/C21H34FN5O2.HI/c1-3-29-19(28)11-7-5-4-6-8-13-25-21(23-2)26-17-12-15-27(16-17)20-18(22)10-9-14-24-20;/h9-10,14,17H,3-8,11-13,15-16H2,1-2H3,(H2,23,25,26);1H. The Labute approximate surface area is 196 Å². The van der Waals surface area contributed by atoms with Gasteiger partial charge in [-0.15, -0.1) is 24.0 Å². The molecule has 2 N–H and O–H groups in total. The number of nitrogens with one attached hydrogen (secondary N) is 2. The van der Waals surface area contributed by atoms with Crippen LogP contribution in [0.15, 0.2) is 23.3 Å². The first kappa shape index (κ1) is 26.4. The summed E-state index contributed by atoms with van der Waals surface area (Å²) in [6, 6.07) is 3.27. The number of carbonyl (C=O) groups excluding carboxylic acids is 1. The van der Waals surface area contributed by atoms with Gasteiger partial charge < -0.3 is 20.3 Å². The molecule has 0 radical (unpaired) electrons. The normalized spacial score (nSPS) is 16.2. The zero-order valence-electron chi connectivity index (χ0n) is 18.0. The monoisotopic (exact) mass is 535 g/mol. The van der Waals surface area contributed by atoms with Crippen molar-refractivity contribution in [2.24, 2.45) is 4.99 Å². The Morgan fingerprint density at radius 3 is 2.83 bits per heavy atom. The Morgan fingerprint density at radius 1 is 1.33 bits per heavy atom. The van der Waals surface area contributed by atoms with Crippen molar-refractivity contribution in [3.8, 4) is 0 Å². The number of hydrogen-bond acceptors (Lipinski definition) is 5. The molecule has 170 valence electrons. The van der Waals surface area contributed by atoms with Crippen LogP contribution >= 0.6 is 24.0 Å². The van der Waals surface area contributed by atoms with Crippen LogP contribution in [0.2, 0.25) is 0 Å². The van der Waals surface area contributed by atoms with Gasteiger partial charge in [0.05, 0.1) is 6.61 Å². The van der Waals surface area contributed by atoms with Crippen LogP contribution in [0, 0.1) is 5.82 Å². The number of esters is 1. The predicted molar refractivity (Wildman–Crippen MR) is 129 cm³/mol. The fourth-order valence-electron chi connectivity index (χ4n) is 3.43. The lowest BCUT2D eigenvalue weighted by Crippen LogP contribution is -2.45. The van der Waals surface area contributed by atoms with E-state index in [9.17, 15) is 9.18 Å². The fraction of sp³-hybridized carbons (Fsp3) is 0.667. The molecule has 1 fully saturated rings. The van der Waals surface area contributed by atoms with Gasteiger partial charge in [-0.2, -0.15) is 0 Å². The van der Waals surface area contributed by atoms with E-state index < -0.39 is 0 Å². The van der Waals surface area contributed by atoms with Crippen LogP contribution in [-0.2, 0) is 9.53 Å². The van der Waals surface area contributed by atoms with Gasteiger partial charge in [0.25, 0.3) is 0 Å². The first-order valence-corrected chi connectivity index (χ1v) is 10.6. The number of anilines is 1. The van der Waals surface area contributed by atoms with Gasteiger partial charge in [0, 0.05) is 45.3 Å². The van der Waals surface area contributed by atoms with Crippen LogP contribution in [0.4, 0.5) is 10.2 Å². The van der Waals surface area contributed by atoms with Crippen LogP contribution in [0.3, 0.4) is 0 Å². The molecule has 2 rings (SSSR count). The van der Waals surface area contributed by atoms with Gasteiger partial charge in [0.15, 0.2) is 17.6 Å². The van der Waals surface area contributed by atoms with Gasteiger partial charge in [-0.05, 0) is 38.3 Å². The van der Waals surface area contributed by atoms with E-state index in [-0.39, 0.29) is 41.8 Å². The lowest BCUT2D eigenvalue weighted by atomic mass is 10.1. The third kappa shape index (κ3) is 9.44. The quantitative estimate of drug-likeness (QED) is 0.149. The highest BCUT2D eigenvalue weighted by Crippen LogP contribution is 2.20. The van der Waals surface area contributed by atoms with E-state index in [0.29, 0.717) is 25.4 Å². The van der Waals surface area contributed by atoms with Crippen LogP contribution in [0.5, 0.6) is 0 Å². The average Bonchev–Trinajstić information content (AvgIpc) is 3.17. The molecule has 1 atom stereocenters. The molecule has 1 aliphatic heterocycles. The number of aliphatic imine (C=N–C) groups is 1. The molecule has 1 saturated heterocycles. The second-order valence-electron chi connectivity index (χ2n) is 7.21. The molecular formula is C21H35FIN5O2. The lowest BCUT2D eigenvalue weighted by Gasteiger charge is -2.20. The van der Waals surface area contributed by atoms with Crippen LogP contribution in [-0.4, -0.2) is 56.2 Å². The van der Waals surface area contributed by atoms with E-state index in [4.69, 9.17) is 4.74 Å². The largest absolute Gasteiger partial charge is 0.466 e. The molecule has 1 aromatic heterocycles. The van der Waals surface area contributed by atoms with E-state index in [0.717, 1.165) is 57.6 Å².